The molecule has 1 aromatic heterocycles. The van der Waals surface area contributed by atoms with Gasteiger partial charge in [-0.3, -0.25) is 9.69 Å². The molecule has 0 radical (unpaired) electrons. The first kappa shape index (κ1) is 17.0. The molecule has 138 valence electrons. The number of hydrogen-bond acceptors (Lipinski definition) is 4. The Bertz CT molecular complexity index is 576. The summed E-state index contributed by atoms with van der Waals surface area (Å²) in [6.45, 7) is 4.68. The largest absolute Gasteiger partial charge is 0.378 e. The van der Waals surface area contributed by atoms with Crippen molar-refractivity contribution in [3.63, 3.8) is 0 Å². The first-order chi connectivity index (χ1) is 12.3. The van der Waals surface area contributed by atoms with E-state index in [1.165, 1.54) is 37.8 Å². The molecule has 0 bridgehead atoms. The van der Waals surface area contributed by atoms with E-state index in [1.54, 1.807) is 0 Å². The van der Waals surface area contributed by atoms with E-state index in [2.05, 4.69) is 14.5 Å². The van der Waals surface area contributed by atoms with Crippen LogP contribution >= 0.6 is 0 Å². The molecular formula is C19H30N4O2. The molecule has 25 heavy (non-hydrogen) atoms. The maximum absolute atomic E-state index is 12.9. The van der Waals surface area contributed by atoms with Gasteiger partial charge in [0.15, 0.2) is 0 Å². The molecule has 3 heterocycles. The lowest BCUT2D eigenvalue weighted by Crippen LogP contribution is -2.49. The number of aromatic nitrogens is 2. The highest BCUT2D eigenvalue weighted by atomic mass is 16.5. The molecule has 1 saturated carbocycles. The van der Waals surface area contributed by atoms with Crippen molar-refractivity contribution in [1.29, 1.82) is 0 Å². The SMILES string of the molecule is O=C([C@@H]1CCCN1Cc1cncn1C1CCCCC1)N1CCOCC1. The summed E-state index contributed by atoms with van der Waals surface area (Å²) in [5.74, 6) is 0.296. The maximum atomic E-state index is 12.9. The zero-order valence-electron chi connectivity index (χ0n) is 15.1. The normalized spacial score (nSPS) is 26.2. The van der Waals surface area contributed by atoms with Gasteiger partial charge in [-0.15, -0.1) is 0 Å². The molecule has 0 N–H and O–H groups in total. The van der Waals surface area contributed by atoms with Crippen molar-refractivity contribution < 1.29 is 9.53 Å². The summed E-state index contributed by atoms with van der Waals surface area (Å²) in [5, 5.41) is 0. The number of imidazole rings is 1. The van der Waals surface area contributed by atoms with E-state index in [-0.39, 0.29) is 6.04 Å². The van der Waals surface area contributed by atoms with E-state index in [4.69, 9.17) is 4.74 Å². The molecule has 0 spiro atoms. The summed E-state index contributed by atoms with van der Waals surface area (Å²) in [4.78, 5) is 21.7. The number of carbonyl (C=O) groups is 1. The Kier molecular flexibility index (Phi) is 5.36. The second-order valence-electron chi connectivity index (χ2n) is 7.65. The average molecular weight is 346 g/mol. The molecule has 0 unspecified atom stereocenters. The summed E-state index contributed by atoms with van der Waals surface area (Å²) in [6.07, 6.45) is 12.6. The van der Waals surface area contributed by atoms with Crippen LogP contribution in [0.1, 0.15) is 56.7 Å². The van der Waals surface area contributed by atoms with Crippen LogP contribution in [0.15, 0.2) is 12.5 Å². The second kappa shape index (κ2) is 7.87. The van der Waals surface area contributed by atoms with E-state index in [0.717, 1.165) is 39.0 Å². The van der Waals surface area contributed by atoms with Crippen molar-refractivity contribution in [1.82, 2.24) is 19.4 Å². The van der Waals surface area contributed by atoms with Gasteiger partial charge in [0, 0.05) is 31.9 Å². The van der Waals surface area contributed by atoms with E-state index in [9.17, 15) is 4.79 Å². The van der Waals surface area contributed by atoms with Gasteiger partial charge in [0.25, 0.3) is 0 Å². The van der Waals surface area contributed by atoms with Gasteiger partial charge < -0.3 is 14.2 Å². The fraction of sp³-hybridized carbons (Fsp3) is 0.789. The first-order valence-electron chi connectivity index (χ1n) is 9.94. The third-order valence-electron chi connectivity index (χ3n) is 6.05. The van der Waals surface area contributed by atoms with Crippen LogP contribution in [-0.4, -0.2) is 64.1 Å². The number of hydrogen-bond donors (Lipinski definition) is 0. The van der Waals surface area contributed by atoms with Crippen LogP contribution in [0.4, 0.5) is 0 Å². The number of ether oxygens (including phenoxy) is 1. The van der Waals surface area contributed by atoms with E-state index in [0.29, 0.717) is 25.2 Å². The topological polar surface area (TPSA) is 50.6 Å². The Morgan fingerprint density at radius 1 is 1.08 bits per heavy atom. The Morgan fingerprint density at radius 2 is 1.88 bits per heavy atom. The quantitative estimate of drug-likeness (QED) is 0.839. The van der Waals surface area contributed by atoms with Crippen LogP contribution in [0, 0.1) is 0 Å². The molecule has 6 heteroatoms. The Labute approximate surface area is 150 Å². The number of carbonyl (C=O) groups excluding carboxylic acids is 1. The van der Waals surface area contributed by atoms with Gasteiger partial charge in [-0.05, 0) is 32.2 Å². The number of morpholine rings is 1. The zero-order chi connectivity index (χ0) is 17.1. The summed E-state index contributed by atoms with van der Waals surface area (Å²) >= 11 is 0. The molecule has 6 nitrogen and oxygen atoms in total. The van der Waals surface area contributed by atoms with Gasteiger partial charge in [-0.1, -0.05) is 19.3 Å². The predicted octanol–water partition coefficient (Wildman–Crippen LogP) is 2.21. The molecule has 2 saturated heterocycles. The van der Waals surface area contributed by atoms with Gasteiger partial charge in [0.05, 0.1) is 31.3 Å². The molecule has 3 fully saturated rings. The molecular weight excluding hydrogens is 316 g/mol. The number of likely N-dealkylation sites (tertiary alicyclic amines) is 1. The van der Waals surface area contributed by atoms with Crippen LogP contribution < -0.4 is 0 Å². The predicted molar refractivity (Wildman–Crippen MR) is 95.2 cm³/mol. The fourth-order valence-electron chi connectivity index (χ4n) is 4.64. The van der Waals surface area contributed by atoms with Crippen molar-refractivity contribution in [2.75, 3.05) is 32.8 Å². The van der Waals surface area contributed by atoms with Crippen LogP contribution in [0.2, 0.25) is 0 Å². The van der Waals surface area contributed by atoms with Crippen molar-refractivity contribution >= 4 is 5.91 Å². The molecule has 4 rings (SSSR count). The highest BCUT2D eigenvalue weighted by Crippen LogP contribution is 2.30. The van der Waals surface area contributed by atoms with Crippen molar-refractivity contribution in [3.05, 3.63) is 18.2 Å². The summed E-state index contributed by atoms with van der Waals surface area (Å²) < 4.78 is 7.77. The van der Waals surface area contributed by atoms with E-state index >= 15 is 0 Å². The van der Waals surface area contributed by atoms with E-state index in [1.807, 2.05) is 17.4 Å². The molecule has 1 amide bonds. The lowest BCUT2D eigenvalue weighted by molar-refractivity contribution is -0.140. The minimum absolute atomic E-state index is 0.0350. The molecule has 0 aromatic carbocycles. The summed E-state index contributed by atoms with van der Waals surface area (Å²) in [5.41, 5.74) is 1.27. The third-order valence-corrected chi connectivity index (χ3v) is 6.05. The Morgan fingerprint density at radius 3 is 2.68 bits per heavy atom. The molecule has 1 aromatic rings. The van der Waals surface area contributed by atoms with Crippen molar-refractivity contribution in [2.24, 2.45) is 0 Å². The smallest absolute Gasteiger partial charge is 0.240 e. The average Bonchev–Trinajstić information content (AvgIpc) is 3.32. The second-order valence-corrected chi connectivity index (χ2v) is 7.65. The van der Waals surface area contributed by atoms with Crippen LogP contribution in [-0.2, 0) is 16.1 Å². The maximum Gasteiger partial charge on any atom is 0.240 e. The summed E-state index contributed by atoms with van der Waals surface area (Å²) in [6, 6.07) is 0.634. The van der Waals surface area contributed by atoms with Gasteiger partial charge in [0.1, 0.15) is 0 Å². The first-order valence-corrected chi connectivity index (χ1v) is 9.94. The third kappa shape index (κ3) is 3.75. The highest BCUT2D eigenvalue weighted by molar-refractivity contribution is 5.82. The highest BCUT2D eigenvalue weighted by Gasteiger charge is 2.34. The van der Waals surface area contributed by atoms with E-state index < -0.39 is 0 Å². The standard InChI is InChI=1S/C19H30N4O2/c24-19(21-9-11-25-12-10-21)18-7-4-8-22(18)14-17-13-20-15-23(17)16-5-2-1-3-6-16/h13,15-16,18H,1-12,14H2/t18-/m0/s1. The van der Waals surface area contributed by atoms with Gasteiger partial charge in [-0.2, -0.15) is 0 Å². The van der Waals surface area contributed by atoms with Crippen molar-refractivity contribution in [3.8, 4) is 0 Å². The van der Waals surface area contributed by atoms with Gasteiger partial charge in [0.2, 0.25) is 5.91 Å². The molecule has 1 atom stereocenters. The minimum Gasteiger partial charge on any atom is -0.378 e. The fourth-order valence-corrected chi connectivity index (χ4v) is 4.64. The monoisotopic (exact) mass is 346 g/mol. The van der Waals surface area contributed by atoms with Crippen LogP contribution in [0.5, 0.6) is 0 Å². The van der Waals surface area contributed by atoms with Crippen molar-refractivity contribution in [2.45, 2.75) is 63.6 Å². The lowest BCUT2D eigenvalue weighted by Gasteiger charge is -2.33. The molecule has 3 aliphatic rings. The number of rotatable bonds is 4. The number of amides is 1. The van der Waals surface area contributed by atoms with Gasteiger partial charge in [-0.25, -0.2) is 4.98 Å². The number of nitrogens with zero attached hydrogens (tertiary/aromatic N) is 4. The van der Waals surface area contributed by atoms with Crippen LogP contribution in [0.25, 0.3) is 0 Å². The molecule has 1 aliphatic carbocycles. The minimum atomic E-state index is 0.0350. The Balaban J connectivity index is 1.43. The van der Waals surface area contributed by atoms with Gasteiger partial charge >= 0.3 is 0 Å². The Hall–Kier alpha value is -1.40. The zero-order valence-corrected chi connectivity index (χ0v) is 15.1. The molecule has 2 aliphatic heterocycles. The lowest BCUT2D eigenvalue weighted by atomic mass is 9.95. The summed E-state index contributed by atoms with van der Waals surface area (Å²) in [7, 11) is 0. The van der Waals surface area contributed by atoms with Crippen LogP contribution in [0.3, 0.4) is 0 Å².